The molecule has 0 saturated heterocycles. The molecule has 0 spiro atoms. The van der Waals surface area contributed by atoms with Gasteiger partial charge in [-0.1, -0.05) is 17.7 Å². The molecule has 0 saturated carbocycles. The van der Waals surface area contributed by atoms with Gasteiger partial charge in [0.05, 0.1) is 17.5 Å². The lowest BCUT2D eigenvalue weighted by Crippen LogP contribution is -2.20. The Kier molecular flexibility index (Phi) is 4.05. The number of nitrogens with two attached hydrogens (primary N) is 1. The molecule has 15 heavy (non-hydrogen) atoms. The fourth-order valence-electron chi connectivity index (χ4n) is 1.10. The molecule has 3 nitrogen and oxygen atoms in total. The van der Waals surface area contributed by atoms with E-state index in [0.717, 1.165) is 0 Å². The van der Waals surface area contributed by atoms with Gasteiger partial charge in [-0.3, -0.25) is 4.79 Å². The second-order valence-electron chi connectivity index (χ2n) is 3.08. The predicted octanol–water partition coefficient (Wildman–Crippen LogP) is 1.27. The number of hydrogen-bond acceptors (Lipinski definition) is 2. The molecule has 81 valence electrons. The summed E-state index contributed by atoms with van der Waals surface area (Å²) in [5.74, 6) is -1.13. The van der Waals surface area contributed by atoms with Crippen LogP contribution < -0.4 is 5.73 Å². The highest BCUT2D eigenvalue weighted by atomic mass is 35.5. The topological polar surface area (TPSA) is 63.3 Å². The predicted molar refractivity (Wildman–Crippen MR) is 54.6 cm³/mol. The summed E-state index contributed by atoms with van der Waals surface area (Å²) in [5, 5.41) is 9.31. The second kappa shape index (κ2) is 5.09. The van der Waals surface area contributed by atoms with Crippen molar-refractivity contribution in [3.8, 4) is 0 Å². The minimum absolute atomic E-state index is 0.0324. The molecule has 1 rings (SSSR count). The number of rotatable bonds is 4. The van der Waals surface area contributed by atoms with Crippen LogP contribution in [0.3, 0.4) is 0 Å². The van der Waals surface area contributed by atoms with E-state index in [0.29, 0.717) is 5.56 Å². The van der Waals surface area contributed by atoms with Gasteiger partial charge in [-0.05, 0) is 17.7 Å². The largest absolute Gasteiger partial charge is 0.392 e. The van der Waals surface area contributed by atoms with Crippen molar-refractivity contribution >= 4 is 17.5 Å². The Morgan fingerprint density at radius 3 is 2.87 bits per heavy atom. The molecule has 1 amide bonds. The highest BCUT2D eigenvalue weighted by molar-refractivity contribution is 6.30. The number of carbonyl (C=O) groups is 1. The van der Waals surface area contributed by atoms with E-state index in [1.54, 1.807) is 0 Å². The van der Waals surface area contributed by atoms with Gasteiger partial charge in [0.1, 0.15) is 5.82 Å². The third-order valence-corrected chi connectivity index (χ3v) is 2.03. The van der Waals surface area contributed by atoms with E-state index < -0.39 is 17.8 Å². The van der Waals surface area contributed by atoms with E-state index in [-0.39, 0.29) is 11.4 Å². The first-order chi connectivity index (χ1) is 6.99. The van der Waals surface area contributed by atoms with Gasteiger partial charge in [-0.25, -0.2) is 4.39 Å². The number of primary amides is 1. The van der Waals surface area contributed by atoms with E-state index in [4.69, 9.17) is 17.3 Å². The quantitative estimate of drug-likeness (QED) is 0.818. The van der Waals surface area contributed by atoms with Gasteiger partial charge in [-0.15, -0.1) is 0 Å². The van der Waals surface area contributed by atoms with Gasteiger partial charge in [0.15, 0.2) is 0 Å². The Balaban J connectivity index is 2.64. The Labute approximate surface area is 91.7 Å². The average molecular weight is 231 g/mol. The molecule has 3 N–H and O–H groups in total. The van der Waals surface area contributed by atoms with Gasteiger partial charge in [0.25, 0.3) is 0 Å². The number of hydrogen-bond donors (Lipinski definition) is 2. The van der Waals surface area contributed by atoms with Crippen molar-refractivity contribution in [1.82, 2.24) is 0 Å². The third-order valence-electron chi connectivity index (χ3n) is 1.74. The number of carbonyl (C=O) groups excluding carboxylic acids is 1. The van der Waals surface area contributed by atoms with Gasteiger partial charge >= 0.3 is 0 Å². The average Bonchev–Trinajstić information content (AvgIpc) is 2.10. The standard InChI is InChI=1S/C10H10ClFNO2/c11-8-4-6(1-2-9(8)12)3-7(14)5-10(13)15/h1-4,7,14H,5H2,(H2,13,15)/t7-/m1/s1. The summed E-state index contributed by atoms with van der Waals surface area (Å²) < 4.78 is 12.8. The van der Waals surface area contributed by atoms with Crippen LogP contribution in [0.15, 0.2) is 18.2 Å². The molecule has 0 aromatic heterocycles. The fraction of sp³-hybridized carbons (Fsp3) is 0.200. The van der Waals surface area contributed by atoms with E-state index in [2.05, 4.69) is 0 Å². The molecule has 0 bridgehead atoms. The van der Waals surface area contributed by atoms with Crippen LogP contribution in [0.4, 0.5) is 4.39 Å². The third kappa shape index (κ3) is 3.85. The maximum atomic E-state index is 12.8. The maximum absolute atomic E-state index is 12.8. The maximum Gasteiger partial charge on any atom is 0.220 e. The number of benzene rings is 1. The van der Waals surface area contributed by atoms with Gasteiger partial charge in [-0.2, -0.15) is 0 Å². The minimum Gasteiger partial charge on any atom is -0.392 e. The Morgan fingerprint density at radius 1 is 1.67 bits per heavy atom. The summed E-state index contributed by atoms with van der Waals surface area (Å²) in [6.07, 6.45) is 0.231. The lowest BCUT2D eigenvalue weighted by molar-refractivity contribution is -0.119. The molecule has 0 fully saturated rings. The van der Waals surface area contributed by atoms with E-state index in [9.17, 15) is 14.3 Å². The van der Waals surface area contributed by atoms with Crippen LogP contribution in [-0.2, 0) is 4.79 Å². The van der Waals surface area contributed by atoms with Crippen molar-refractivity contribution in [2.75, 3.05) is 0 Å². The van der Waals surface area contributed by atoms with Crippen molar-refractivity contribution in [1.29, 1.82) is 0 Å². The summed E-state index contributed by atoms with van der Waals surface area (Å²) in [6.45, 7) is 0. The Morgan fingerprint density at radius 2 is 2.33 bits per heavy atom. The molecular formula is C10H10ClFNO2. The zero-order valence-electron chi connectivity index (χ0n) is 7.78. The number of aliphatic hydroxyl groups excluding tert-OH is 1. The monoisotopic (exact) mass is 230 g/mol. The van der Waals surface area contributed by atoms with Crippen LogP contribution in [0.25, 0.3) is 0 Å². The van der Waals surface area contributed by atoms with Crippen molar-refractivity contribution in [2.45, 2.75) is 12.5 Å². The van der Waals surface area contributed by atoms with Crippen molar-refractivity contribution in [3.63, 3.8) is 0 Å². The first-order valence-electron chi connectivity index (χ1n) is 4.25. The molecule has 1 atom stereocenters. The molecule has 1 aromatic carbocycles. The fourth-order valence-corrected chi connectivity index (χ4v) is 1.29. The van der Waals surface area contributed by atoms with E-state index >= 15 is 0 Å². The second-order valence-corrected chi connectivity index (χ2v) is 3.49. The smallest absolute Gasteiger partial charge is 0.220 e. The summed E-state index contributed by atoms with van der Waals surface area (Å²) in [7, 11) is 0. The van der Waals surface area contributed by atoms with E-state index in [1.807, 2.05) is 0 Å². The number of halogens is 2. The van der Waals surface area contributed by atoms with Gasteiger partial charge in [0, 0.05) is 6.42 Å². The SMILES string of the molecule is NC(=O)C[C@H](O)[CH]c1ccc(F)c(Cl)c1. The first kappa shape index (κ1) is 11.9. The Hall–Kier alpha value is -1.13. The highest BCUT2D eigenvalue weighted by Gasteiger charge is 2.10. The van der Waals surface area contributed by atoms with Crippen molar-refractivity contribution in [3.05, 3.63) is 41.0 Å². The highest BCUT2D eigenvalue weighted by Crippen LogP contribution is 2.18. The molecule has 0 heterocycles. The van der Waals surface area contributed by atoms with Crippen LogP contribution in [0.2, 0.25) is 5.02 Å². The minimum atomic E-state index is -0.982. The van der Waals surface area contributed by atoms with Crippen LogP contribution in [-0.4, -0.2) is 17.1 Å². The lowest BCUT2D eigenvalue weighted by Gasteiger charge is -2.08. The molecule has 1 radical (unpaired) electrons. The molecule has 1 aromatic rings. The van der Waals surface area contributed by atoms with Gasteiger partial charge in [0.2, 0.25) is 5.91 Å². The molecule has 5 heteroatoms. The van der Waals surface area contributed by atoms with Crippen LogP contribution in [0.5, 0.6) is 0 Å². The summed E-state index contributed by atoms with van der Waals surface area (Å²) in [6, 6.07) is 4.00. The zero-order valence-corrected chi connectivity index (χ0v) is 8.54. The summed E-state index contributed by atoms with van der Waals surface area (Å²) >= 11 is 5.53. The molecule has 0 aliphatic carbocycles. The molecule has 0 aliphatic rings. The molecule has 0 unspecified atom stereocenters. The van der Waals surface area contributed by atoms with Crippen LogP contribution in [0, 0.1) is 12.2 Å². The first-order valence-corrected chi connectivity index (χ1v) is 4.63. The van der Waals surface area contributed by atoms with Crippen molar-refractivity contribution < 1.29 is 14.3 Å². The van der Waals surface area contributed by atoms with Crippen LogP contribution in [0.1, 0.15) is 12.0 Å². The van der Waals surface area contributed by atoms with Crippen molar-refractivity contribution in [2.24, 2.45) is 5.73 Å². The molecular weight excluding hydrogens is 221 g/mol. The zero-order chi connectivity index (χ0) is 11.4. The van der Waals surface area contributed by atoms with Gasteiger partial charge < -0.3 is 10.8 Å². The van der Waals surface area contributed by atoms with E-state index in [1.165, 1.54) is 24.6 Å². The van der Waals surface area contributed by atoms with Crippen LogP contribution >= 0.6 is 11.6 Å². The lowest BCUT2D eigenvalue weighted by atomic mass is 10.1. The number of amides is 1. The normalized spacial score (nSPS) is 12.5. The number of aliphatic hydroxyl groups is 1. The summed E-state index contributed by atoms with van der Waals surface area (Å²) in [4.78, 5) is 10.5. The Bertz CT molecular complexity index is 370. The molecule has 0 aliphatic heterocycles. The summed E-state index contributed by atoms with van der Waals surface area (Å²) in [5.41, 5.74) is 5.43.